The van der Waals surface area contributed by atoms with E-state index in [4.69, 9.17) is 4.42 Å². The summed E-state index contributed by atoms with van der Waals surface area (Å²) < 4.78 is 20.5. The molecule has 7 nitrogen and oxygen atoms in total. The predicted molar refractivity (Wildman–Crippen MR) is 93.2 cm³/mol. The number of nitrogens with one attached hydrogen (secondary N) is 1. The largest absolute Gasteiger partial charge is 0.467 e. The molecule has 0 saturated heterocycles. The molecule has 2 aromatic heterocycles. The summed E-state index contributed by atoms with van der Waals surface area (Å²) in [5, 5.41) is 6.91. The number of amides is 2. The van der Waals surface area contributed by atoms with E-state index in [0.29, 0.717) is 30.1 Å². The fraction of sp³-hybridized carbons (Fsp3) is 0.211. The first-order chi connectivity index (χ1) is 13.1. The molecule has 1 N–H and O–H groups in total. The van der Waals surface area contributed by atoms with Gasteiger partial charge in [0.1, 0.15) is 17.3 Å². The molecule has 0 atom stereocenters. The highest BCUT2D eigenvalue weighted by atomic mass is 19.1. The van der Waals surface area contributed by atoms with E-state index in [-0.39, 0.29) is 36.4 Å². The summed E-state index contributed by atoms with van der Waals surface area (Å²) in [6, 6.07) is 11.3. The van der Waals surface area contributed by atoms with Crippen LogP contribution in [-0.4, -0.2) is 33.0 Å². The second-order valence-electron chi connectivity index (χ2n) is 6.22. The highest BCUT2D eigenvalue weighted by molar-refractivity contribution is 5.98. The fourth-order valence-electron chi connectivity index (χ4n) is 3.00. The Labute approximate surface area is 154 Å². The Morgan fingerprint density at radius 2 is 2.07 bits per heavy atom. The van der Waals surface area contributed by atoms with E-state index in [1.165, 1.54) is 23.1 Å². The van der Waals surface area contributed by atoms with Gasteiger partial charge in [0, 0.05) is 24.7 Å². The summed E-state index contributed by atoms with van der Waals surface area (Å²) in [6.07, 6.45) is 1.53. The molecule has 8 heteroatoms. The van der Waals surface area contributed by atoms with Crippen LogP contribution >= 0.6 is 0 Å². The molecule has 1 aliphatic heterocycles. The van der Waals surface area contributed by atoms with Crippen molar-refractivity contribution in [3.05, 3.63) is 77.3 Å². The van der Waals surface area contributed by atoms with Crippen LogP contribution in [0.15, 0.2) is 53.1 Å². The number of fused-ring (bicyclic) bond motifs is 1. The number of carbonyl (C=O) groups excluding carboxylic acids is 2. The van der Waals surface area contributed by atoms with Gasteiger partial charge in [-0.1, -0.05) is 18.2 Å². The Kier molecular flexibility index (Phi) is 4.45. The van der Waals surface area contributed by atoms with Gasteiger partial charge in [0.25, 0.3) is 11.8 Å². The van der Waals surface area contributed by atoms with Crippen molar-refractivity contribution in [3.8, 4) is 0 Å². The minimum Gasteiger partial charge on any atom is -0.467 e. The number of hydrogen-bond acceptors (Lipinski definition) is 4. The molecular weight excluding hydrogens is 351 g/mol. The topological polar surface area (TPSA) is 80.4 Å². The van der Waals surface area contributed by atoms with Crippen LogP contribution in [-0.2, 0) is 19.6 Å². The number of furan rings is 1. The molecule has 3 heterocycles. The average molecular weight is 368 g/mol. The predicted octanol–water partition coefficient (Wildman–Crippen LogP) is 2.20. The highest BCUT2D eigenvalue weighted by Crippen LogP contribution is 2.18. The first-order valence-electron chi connectivity index (χ1n) is 8.53. The molecule has 0 saturated carbocycles. The van der Waals surface area contributed by atoms with Crippen LogP contribution in [0, 0.1) is 5.82 Å². The Bertz CT molecular complexity index is 981. The summed E-state index contributed by atoms with van der Waals surface area (Å²) >= 11 is 0. The van der Waals surface area contributed by atoms with Gasteiger partial charge in [-0.3, -0.25) is 14.3 Å². The average Bonchev–Trinajstić information content (AvgIpc) is 3.33. The standard InChI is InChI=1S/C19H17FN4O3/c20-15-6-2-1-4-13(15)12-23-7-8-24-17(19(23)26)10-16(22-24)18(25)21-11-14-5-3-9-27-14/h1-6,9-10H,7-8,11-12H2,(H,21,25). The van der Waals surface area contributed by atoms with E-state index in [2.05, 4.69) is 10.4 Å². The first kappa shape index (κ1) is 17.0. The quantitative estimate of drug-likeness (QED) is 0.749. The summed E-state index contributed by atoms with van der Waals surface area (Å²) in [6.45, 7) is 1.26. The molecule has 2 amide bonds. The van der Waals surface area contributed by atoms with Crippen LogP contribution < -0.4 is 5.32 Å². The Morgan fingerprint density at radius 3 is 2.85 bits per heavy atom. The molecule has 0 radical (unpaired) electrons. The third-order valence-corrected chi connectivity index (χ3v) is 4.42. The minimum absolute atomic E-state index is 0.164. The number of benzene rings is 1. The van der Waals surface area contributed by atoms with Crippen LogP contribution in [0.5, 0.6) is 0 Å². The van der Waals surface area contributed by atoms with Crippen molar-refractivity contribution in [1.29, 1.82) is 0 Å². The normalized spacial score (nSPS) is 13.5. The fourth-order valence-corrected chi connectivity index (χ4v) is 3.00. The van der Waals surface area contributed by atoms with E-state index in [0.717, 1.165) is 0 Å². The van der Waals surface area contributed by atoms with E-state index < -0.39 is 0 Å². The summed E-state index contributed by atoms with van der Waals surface area (Å²) in [4.78, 5) is 26.5. The second-order valence-corrected chi connectivity index (χ2v) is 6.22. The Hall–Kier alpha value is -3.42. The zero-order valence-corrected chi connectivity index (χ0v) is 14.4. The van der Waals surface area contributed by atoms with Gasteiger partial charge in [-0.25, -0.2) is 4.39 Å². The SMILES string of the molecule is O=C(NCc1ccco1)c1cc2n(n1)CCN(Cc1ccccc1F)C2=O. The second kappa shape index (κ2) is 7.06. The van der Waals surface area contributed by atoms with Crippen molar-refractivity contribution in [2.75, 3.05) is 6.54 Å². The van der Waals surface area contributed by atoms with Gasteiger partial charge in [0.15, 0.2) is 5.69 Å². The zero-order valence-electron chi connectivity index (χ0n) is 14.4. The molecule has 0 bridgehead atoms. The molecule has 0 aliphatic carbocycles. The molecule has 0 spiro atoms. The van der Waals surface area contributed by atoms with Crippen LogP contribution in [0.1, 0.15) is 32.3 Å². The lowest BCUT2D eigenvalue weighted by Gasteiger charge is -2.27. The number of halogens is 1. The van der Waals surface area contributed by atoms with E-state index >= 15 is 0 Å². The van der Waals surface area contributed by atoms with Gasteiger partial charge in [-0.15, -0.1) is 0 Å². The maximum absolute atomic E-state index is 13.9. The Balaban J connectivity index is 1.47. The minimum atomic E-state index is -0.387. The van der Waals surface area contributed by atoms with Crippen molar-refractivity contribution in [1.82, 2.24) is 20.0 Å². The van der Waals surface area contributed by atoms with E-state index in [1.54, 1.807) is 35.2 Å². The van der Waals surface area contributed by atoms with Crippen molar-refractivity contribution in [2.45, 2.75) is 19.6 Å². The lowest BCUT2D eigenvalue weighted by molar-refractivity contribution is 0.0681. The Morgan fingerprint density at radius 1 is 1.22 bits per heavy atom. The van der Waals surface area contributed by atoms with E-state index in [9.17, 15) is 14.0 Å². The number of rotatable bonds is 5. The summed E-state index contributed by atoms with van der Waals surface area (Å²) in [5.41, 5.74) is 0.939. The van der Waals surface area contributed by atoms with Crippen LogP contribution in [0.3, 0.4) is 0 Å². The number of nitrogens with zero attached hydrogens (tertiary/aromatic N) is 3. The monoisotopic (exact) mass is 368 g/mol. The van der Waals surface area contributed by atoms with Gasteiger partial charge >= 0.3 is 0 Å². The first-order valence-corrected chi connectivity index (χ1v) is 8.53. The third kappa shape index (κ3) is 3.46. The third-order valence-electron chi connectivity index (χ3n) is 4.42. The molecule has 0 fully saturated rings. The number of aromatic nitrogens is 2. The van der Waals surface area contributed by atoms with Gasteiger partial charge in [0.2, 0.25) is 0 Å². The molecule has 0 unspecified atom stereocenters. The van der Waals surface area contributed by atoms with Crippen molar-refractivity contribution in [2.24, 2.45) is 0 Å². The number of carbonyl (C=O) groups is 2. The number of hydrogen-bond donors (Lipinski definition) is 1. The molecule has 1 aromatic carbocycles. The van der Waals surface area contributed by atoms with Gasteiger partial charge < -0.3 is 14.6 Å². The highest BCUT2D eigenvalue weighted by Gasteiger charge is 2.28. The maximum Gasteiger partial charge on any atom is 0.272 e. The lowest BCUT2D eigenvalue weighted by Crippen LogP contribution is -2.40. The van der Waals surface area contributed by atoms with Gasteiger partial charge in [-0.05, 0) is 18.2 Å². The molecule has 3 aromatic rings. The van der Waals surface area contributed by atoms with Crippen molar-refractivity contribution in [3.63, 3.8) is 0 Å². The summed E-state index contributed by atoms with van der Waals surface area (Å²) in [7, 11) is 0. The molecule has 27 heavy (non-hydrogen) atoms. The summed E-state index contributed by atoms with van der Waals surface area (Å²) in [5.74, 6) is -0.384. The lowest BCUT2D eigenvalue weighted by atomic mass is 10.1. The zero-order chi connectivity index (χ0) is 18.8. The molecule has 4 rings (SSSR count). The van der Waals surface area contributed by atoms with Crippen LogP contribution in [0.2, 0.25) is 0 Å². The molecular formula is C19H17FN4O3. The smallest absolute Gasteiger partial charge is 0.272 e. The molecule has 1 aliphatic rings. The van der Waals surface area contributed by atoms with Crippen molar-refractivity contribution < 1.29 is 18.4 Å². The maximum atomic E-state index is 13.9. The van der Waals surface area contributed by atoms with Crippen molar-refractivity contribution >= 4 is 11.8 Å². The van der Waals surface area contributed by atoms with Gasteiger partial charge in [0.05, 0.1) is 19.4 Å². The van der Waals surface area contributed by atoms with E-state index in [1.807, 2.05) is 0 Å². The van der Waals surface area contributed by atoms with Crippen LogP contribution in [0.4, 0.5) is 4.39 Å². The molecule has 138 valence electrons. The van der Waals surface area contributed by atoms with Gasteiger partial charge in [-0.2, -0.15) is 5.10 Å². The van der Waals surface area contributed by atoms with Crippen LogP contribution in [0.25, 0.3) is 0 Å².